The summed E-state index contributed by atoms with van der Waals surface area (Å²) in [5, 5.41) is 8.00. The first-order chi connectivity index (χ1) is 9.22. The molecule has 1 aromatic carbocycles. The third kappa shape index (κ3) is 2.48. The Bertz CT molecular complexity index is 685. The molecule has 0 unspecified atom stereocenters. The van der Waals surface area contributed by atoms with Gasteiger partial charge in [-0.3, -0.25) is 4.79 Å². The van der Waals surface area contributed by atoms with Crippen LogP contribution in [0.3, 0.4) is 0 Å². The second-order valence-electron chi connectivity index (χ2n) is 4.14. The standard InChI is InChI=1S/C13H12N4OS/c1-9-16-17-8-11(15-13(17)19-9)12(18)14-7-10-5-3-2-4-6-10/h2-6,8H,7H2,1H3,(H,14,18). The van der Waals surface area contributed by atoms with E-state index >= 15 is 0 Å². The van der Waals surface area contributed by atoms with Gasteiger partial charge in [0.05, 0.1) is 6.20 Å². The Kier molecular flexibility index (Phi) is 3.00. The number of carbonyl (C=O) groups excluding carboxylic acids is 1. The number of nitrogens with zero attached hydrogens (tertiary/aromatic N) is 3. The van der Waals surface area contributed by atoms with Gasteiger partial charge in [0.15, 0.2) is 0 Å². The van der Waals surface area contributed by atoms with Crippen LogP contribution in [0.15, 0.2) is 36.5 Å². The van der Waals surface area contributed by atoms with Crippen molar-refractivity contribution in [1.82, 2.24) is 19.9 Å². The predicted octanol–water partition coefficient (Wildman–Crippen LogP) is 2.03. The number of benzene rings is 1. The van der Waals surface area contributed by atoms with E-state index in [1.54, 1.807) is 10.7 Å². The van der Waals surface area contributed by atoms with Gasteiger partial charge in [-0.05, 0) is 12.5 Å². The summed E-state index contributed by atoms with van der Waals surface area (Å²) in [7, 11) is 0. The first-order valence-electron chi connectivity index (χ1n) is 5.87. The van der Waals surface area contributed by atoms with E-state index in [1.807, 2.05) is 37.3 Å². The number of rotatable bonds is 3. The summed E-state index contributed by atoms with van der Waals surface area (Å²) in [4.78, 5) is 17.0. The number of carbonyl (C=O) groups is 1. The molecule has 0 saturated carbocycles. The molecule has 0 spiro atoms. The topological polar surface area (TPSA) is 59.3 Å². The molecular weight excluding hydrogens is 260 g/mol. The van der Waals surface area contributed by atoms with Crippen LogP contribution in [-0.2, 0) is 6.54 Å². The van der Waals surface area contributed by atoms with E-state index in [-0.39, 0.29) is 5.91 Å². The zero-order valence-electron chi connectivity index (χ0n) is 10.3. The Morgan fingerprint density at radius 2 is 2.16 bits per heavy atom. The van der Waals surface area contributed by atoms with Gasteiger partial charge in [-0.2, -0.15) is 5.10 Å². The zero-order chi connectivity index (χ0) is 13.2. The monoisotopic (exact) mass is 272 g/mol. The number of fused-ring (bicyclic) bond motifs is 1. The summed E-state index contributed by atoms with van der Waals surface area (Å²) >= 11 is 1.47. The Morgan fingerprint density at radius 1 is 1.37 bits per heavy atom. The maximum absolute atomic E-state index is 12.0. The molecule has 0 aliphatic carbocycles. The average Bonchev–Trinajstić information content (AvgIpc) is 2.94. The average molecular weight is 272 g/mol. The Hall–Kier alpha value is -2.21. The summed E-state index contributed by atoms with van der Waals surface area (Å²) in [6, 6.07) is 9.78. The lowest BCUT2D eigenvalue weighted by molar-refractivity contribution is 0.0946. The Labute approximate surface area is 113 Å². The lowest BCUT2D eigenvalue weighted by atomic mass is 10.2. The summed E-state index contributed by atoms with van der Waals surface area (Å²) in [5.74, 6) is -0.181. The molecule has 3 rings (SSSR count). The van der Waals surface area contributed by atoms with Gasteiger partial charge in [0.1, 0.15) is 10.7 Å². The minimum atomic E-state index is -0.181. The van der Waals surface area contributed by atoms with Gasteiger partial charge in [-0.25, -0.2) is 9.50 Å². The number of aromatic nitrogens is 3. The fourth-order valence-corrected chi connectivity index (χ4v) is 2.50. The second-order valence-corrected chi connectivity index (χ2v) is 5.30. The SMILES string of the molecule is Cc1nn2cc(C(=O)NCc3ccccc3)nc2s1. The molecule has 5 nitrogen and oxygen atoms in total. The minimum absolute atomic E-state index is 0.181. The highest BCUT2D eigenvalue weighted by atomic mass is 32.1. The molecule has 0 aliphatic rings. The first-order valence-corrected chi connectivity index (χ1v) is 6.69. The van der Waals surface area contributed by atoms with E-state index in [1.165, 1.54) is 11.3 Å². The fraction of sp³-hybridized carbons (Fsp3) is 0.154. The first kappa shape index (κ1) is 11.9. The van der Waals surface area contributed by atoms with Crippen molar-refractivity contribution in [3.63, 3.8) is 0 Å². The quantitative estimate of drug-likeness (QED) is 0.793. The number of imidazole rings is 1. The molecule has 2 heterocycles. The molecule has 0 bridgehead atoms. The molecule has 0 atom stereocenters. The van der Waals surface area contributed by atoms with Crippen LogP contribution in [0.5, 0.6) is 0 Å². The van der Waals surface area contributed by atoms with Crippen LogP contribution >= 0.6 is 11.3 Å². The van der Waals surface area contributed by atoms with Gasteiger partial charge in [-0.15, -0.1) is 0 Å². The van der Waals surface area contributed by atoms with Gasteiger partial charge in [0.2, 0.25) is 4.96 Å². The van der Waals surface area contributed by atoms with Crippen molar-refractivity contribution in [3.05, 3.63) is 52.8 Å². The van der Waals surface area contributed by atoms with Crippen molar-refractivity contribution in [2.75, 3.05) is 0 Å². The zero-order valence-corrected chi connectivity index (χ0v) is 11.1. The maximum atomic E-state index is 12.0. The smallest absolute Gasteiger partial charge is 0.271 e. The molecule has 0 aliphatic heterocycles. The highest BCUT2D eigenvalue weighted by molar-refractivity contribution is 7.16. The Balaban J connectivity index is 1.71. The van der Waals surface area contributed by atoms with Crippen molar-refractivity contribution in [3.8, 4) is 0 Å². The number of hydrogen-bond acceptors (Lipinski definition) is 4. The molecule has 1 amide bonds. The van der Waals surface area contributed by atoms with E-state index in [2.05, 4.69) is 15.4 Å². The molecule has 6 heteroatoms. The van der Waals surface area contributed by atoms with Crippen LogP contribution in [0.4, 0.5) is 0 Å². The second kappa shape index (κ2) is 4.81. The van der Waals surface area contributed by atoms with Crippen molar-refractivity contribution in [2.24, 2.45) is 0 Å². The van der Waals surface area contributed by atoms with E-state index < -0.39 is 0 Å². The van der Waals surface area contributed by atoms with E-state index in [0.717, 1.165) is 15.5 Å². The van der Waals surface area contributed by atoms with Crippen molar-refractivity contribution >= 4 is 22.2 Å². The van der Waals surface area contributed by atoms with Gasteiger partial charge in [-0.1, -0.05) is 41.7 Å². The number of aryl methyl sites for hydroxylation is 1. The fourth-order valence-electron chi connectivity index (χ4n) is 1.78. The largest absolute Gasteiger partial charge is 0.347 e. The van der Waals surface area contributed by atoms with Crippen LogP contribution in [0, 0.1) is 6.92 Å². The molecule has 3 aromatic rings. The van der Waals surface area contributed by atoms with Crippen LogP contribution in [-0.4, -0.2) is 20.5 Å². The lowest BCUT2D eigenvalue weighted by Crippen LogP contribution is -2.23. The van der Waals surface area contributed by atoms with Gasteiger partial charge >= 0.3 is 0 Å². The molecule has 96 valence electrons. The van der Waals surface area contributed by atoms with E-state index in [9.17, 15) is 4.79 Å². The highest BCUT2D eigenvalue weighted by Gasteiger charge is 2.12. The van der Waals surface area contributed by atoms with Gasteiger partial charge in [0, 0.05) is 6.54 Å². The van der Waals surface area contributed by atoms with Crippen molar-refractivity contribution in [1.29, 1.82) is 0 Å². The molecule has 0 radical (unpaired) electrons. The normalized spacial score (nSPS) is 10.8. The highest BCUT2D eigenvalue weighted by Crippen LogP contribution is 2.13. The van der Waals surface area contributed by atoms with Crippen LogP contribution in [0.2, 0.25) is 0 Å². The number of nitrogens with one attached hydrogen (secondary N) is 1. The lowest BCUT2D eigenvalue weighted by Gasteiger charge is -2.02. The van der Waals surface area contributed by atoms with Crippen molar-refractivity contribution in [2.45, 2.75) is 13.5 Å². The third-order valence-electron chi connectivity index (χ3n) is 2.67. The minimum Gasteiger partial charge on any atom is -0.347 e. The van der Waals surface area contributed by atoms with E-state index in [4.69, 9.17) is 0 Å². The summed E-state index contributed by atoms with van der Waals surface area (Å²) in [5.41, 5.74) is 1.46. The van der Waals surface area contributed by atoms with Gasteiger partial charge in [0.25, 0.3) is 5.91 Å². The van der Waals surface area contributed by atoms with Crippen LogP contribution in [0.25, 0.3) is 4.96 Å². The van der Waals surface area contributed by atoms with E-state index in [0.29, 0.717) is 12.2 Å². The number of amides is 1. The van der Waals surface area contributed by atoms with Gasteiger partial charge < -0.3 is 5.32 Å². The van der Waals surface area contributed by atoms with Crippen LogP contribution in [0.1, 0.15) is 21.1 Å². The van der Waals surface area contributed by atoms with Crippen molar-refractivity contribution < 1.29 is 4.79 Å². The molecule has 1 N–H and O–H groups in total. The summed E-state index contributed by atoms with van der Waals surface area (Å²) in [6.45, 7) is 2.41. The summed E-state index contributed by atoms with van der Waals surface area (Å²) < 4.78 is 1.64. The van der Waals surface area contributed by atoms with Crippen LogP contribution < -0.4 is 5.32 Å². The number of hydrogen-bond donors (Lipinski definition) is 1. The summed E-state index contributed by atoms with van der Waals surface area (Å²) in [6.07, 6.45) is 1.65. The molecule has 0 fully saturated rings. The molecule has 2 aromatic heterocycles. The maximum Gasteiger partial charge on any atom is 0.271 e. The predicted molar refractivity (Wildman–Crippen MR) is 73.2 cm³/mol. The Morgan fingerprint density at radius 3 is 2.89 bits per heavy atom. The molecular formula is C13H12N4OS. The molecule has 0 saturated heterocycles. The molecule has 19 heavy (non-hydrogen) atoms. The third-order valence-corrected chi connectivity index (χ3v) is 3.51.